The van der Waals surface area contributed by atoms with E-state index in [4.69, 9.17) is 5.73 Å². The van der Waals surface area contributed by atoms with E-state index in [9.17, 15) is 9.59 Å². The molecule has 0 aliphatic carbocycles. The number of aromatic amines is 1. The molecule has 7 heteroatoms. The molecular weight excluding hydrogens is 288 g/mol. The zero-order valence-corrected chi connectivity index (χ0v) is 10.3. The van der Waals surface area contributed by atoms with E-state index < -0.39 is 11.2 Å². The van der Waals surface area contributed by atoms with Gasteiger partial charge in [-0.05, 0) is 22.0 Å². The zero-order chi connectivity index (χ0) is 12.4. The average molecular weight is 297 g/mol. The van der Waals surface area contributed by atoms with E-state index in [1.165, 1.54) is 16.8 Å². The minimum Gasteiger partial charge on any atom is -0.383 e. The first-order chi connectivity index (χ1) is 8.06. The van der Waals surface area contributed by atoms with Crippen molar-refractivity contribution in [2.75, 3.05) is 5.73 Å². The van der Waals surface area contributed by atoms with E-state index in [1.54, 1.807) is 12.3 Å². The van der Waals surface area contributed by atoms with E-state index in [2.05, 4.69) is 25.9 Å². The molecule has 3 N–H and O–H groups in total. The lowest BCUT2D eigenvalue weighted by Gasteiger charge is -2.07. The lowest BCUT2D eigenvalue weighted by molar-refractivity contribution is 0.719. The number of anilines is 1. The van der Waals surface area contributed by atoms with Crippen LogP contribution < -0.4 is 17.0 Å². The molecule has 0 atom stereocenters. The lowest BCUT2D eigenvalue weighted by atomic mass is 10.2. The fourth-order valence-electron chi connectivity index (χ4n) is 1.37. The van der Waals surface area contributed by atoms with Gasteiger partial charge in [0.1, 0.15) is 5.82 Å². The highest BCUT2D eigenvalue weighted by molar-refractivity contribution is 9.10. The van der Waals surface area contributed by atoms with Crippen LogP contribution in [0.3, 0.4) is 0 Å². The summed E-state index contributed by atoms with van der Waals surface area (Å²) in [6.07, 6.45) is 3.00. The summed E-state index contributed by atoms with van der Waals surface area (Å²) in [7, 11) is 0. The zero-order valence-electron chi connectivity index (χ0n) is 8.68. The van der Waals surface area contributed by atoms with Crippen LogP contribution in [0.1, 0.15) is 5.56 Å². The van der Waals surface area contributed by atoms with Crippen molar-refractivity contribution in [1.29, 1.82) is 0 Å². The van der Waals surface area contributed by atoms with E-state index in [0.717, 1.165) is 4.47 Å². The highest BCUT2D eigenvalue weighted by atomic mass is 79.9. The Kier molecular flexibility index (Phi) is 3.10. The van der Waals surface area contributed by atoms with Gasteiger partial charge >= 0.3 is 5.69 Å². The fraction of sp³-hybridized carbons (Fsp3) is 0.100. The Bertz CT molecular complexity index is 662. The third-order valence-corrected chi connectivity index (χ3v) is 2.64. The third-order valence-electron chi connectivity index (χ3n) is 2.21. The largest absolute Gasteiger partial charge is 0.383 e. The van der Waals surface area contributed by atoms with Crippen molar-refractivity contribution >= 4 is 21.7 Å². The van der Waals surface area contributed by atoms with Gasteiger partial charge < -0.3 is 5.73 Å². The van der Waals surface area contributed by atoms with Crippen LogP contribution in [0.5, 0.6) is 0 Å². The quantitative estimate of drug-likeness (QED) is 0.835. The summed E-state index contributed by atoms with van der Waals surface area (Å²) >= 11 is 3.28. The summed E-state index contributed by atoms with van der Waals surface area (Å²) in [5, 5.41) is 0. The maximum atomic E-state index is 11.5. The minimum atomic E-state index is -0.475. The Hall–Kier alpha value is -1.89. The SMILES string of the molecule is Nc1ncc(Br)cc1Cn1ccc(=O)[nH]c1=O. The molecule has 0 amide bonds. The number of halogens is 1. The molecule has 0 saturated carbocycles. The fourth-order valence-corrected chi connectivity index (χ4v) is 1.75. The predicted molar refractivity (Wildman–Crippen MR) is 66.8 cm³/mol. The first-order valence-electron chi connectivity index (χ1n) is 4.76. The van der Waals surface area contributed by atoms with Crippen molar-refractivity contribution in [3.63, 3.8) is 0 Å². The molecule has 88 valence electrons. The van der Waals surface area contributed by atoms with E-state index in [1.807, 2.05) is 0 Å². The van der Waals surface area contributed by atoms with Crippen LogP contribution >= 0.6 is 15.9 Å². The Labute approximate surface area is 104 Å². The number of aromatic nitrogens is 3. The molecule has 0 spiro atoms. The van der Waals surface area contributed by atoms with E-state index in [0.29, 0.717) is 11.4 Å². The number of nitrogens with two attached hydrogens (primary N) is 1. The average Bonchev–Trinajstić information content (AvgIpc) is 2.27. The van der Waals surface area contributed by atoms with Gasteiger partial charge in [0.2, 0.25) is 0 Å². The highest BCUT2D eigenvalue weighted by Crippen LogP contribution is 2.15. The van der Waals surface area contributed by atoms with Gasteiger partial charge in [-0.2, -0.15) is 0 Å². The maximum absolute atomic E-state index is 11.5. The second-order valence-electron chi connectivity index (χ2n) is 3.44. The van der Waals surface area contributed by atoms with Gasteiger partial charge in [0.25, 0.3) is 5.56 Å². The standard InChI is InChI=1S/C10H9BrN4O2/c11-7-3-6(9(12)13-4-7)5-15-2-1-8(16)14-10(15)17/h1-4H,5H2,(H2,12,13)(H,14,16,17). The molecule has 6 nitrogen and oxygen atoms in total. The number of pyridine rings is 1. The number of nitrogens with one attached hydrogen (secondary N) is 1. The molecule has 0 aliphatic heterocycles. The van der Waals surface area contributed by atoms with Crippen LogP contribution in [-0.2, 0) is 6.54 Å². The highest BCUT2D eigenvalue weighted by Gasteiger charge is 2.04. The molecular formula is C10H9BrN4O2. The van der Waals surface area contributed by atoms with Crippen LogP contribution in [-0.4, -0.2) is 14.5 Å². The predicted octanol–water partition coefficient (Wildman–Crippen LogP) is 0.325. The molecule has 0 saturated heterocycles. The Morgan fingerprint density at radius 1 is 1.47 bits per heavy atom. The second kappa shape index (κ2) is 4.54. The molecule has 0 radical (unpaired) electrons. The number of nitrogen functional groups attached to an aromatic ring is 1. The van der Waals surface area contributed by atoms with Gasteiger partial charge in [-0.1, -0.05) is 0 Å². The van der Waals surface area contributed by atoms with Crippen LogP contribution in [0.2, 0.25) is 0 Å². The molecule has 0 bridgehead atoms. The van der Waals surface area contributed by atoms with Gasteiger partial charge in [-0.15, -0.1) is 0 Å². The number of nitrogens with zero attached hydrogens (tertiary/aromatic N) is 2. The Morgan fingerprint density at radius 3 is 2.94 bits per heavy atom. The number of hydrogen-bond acceptors (Lipinski definition) is 4. The van der Waals surface area contributed by atoms with Crippen LogP contribution in [0.4, 0.5) is 5.82 Å². The molecule has 2 aromatic heterocycles. The minimum absolute atomic E-state index is 0.258. The number of hydrogen-bond donors (Lipinski definition) is 2. The first-order valence-corrected chi connectivity index (χ1v) is 5.55. The molecule has 0 fully saturated rings. The van der Waals surface area contributed by atoms with Gasteiger partial charge in [0, 0.05) is 28.5 Å². The monoisotopic (exact) mass is 296 g/mol. The molecule has 2 aromatic rings. The summed E-state index contributed by atoms with van der Waals surface area (Å²) in [6, 6.07) is 3.06. The van der Waals surface area contributed by atoms with Gasteiger partial charge in [0.05, 0.1) is 6.54 Å². The molecule has 0 aliphatic rings. The van der Waals surface area contributed by atoms with Crippen molar-refractivity contribution in [3.8, 4) is 0 Å². The molecule has 2 rings (SSSR count). The van der Waals surface area contributed by atoms with Crippen molar-refractivity contribution in [2.45, 2.75) is 6.54 Å². The summed E-state index contributed by atoms with van der Waals surface area (Å²) < 4.78 is 2.13. The molecule has 2 heterocycles. The van der Waals surface area contributed by atoms with E-state index >= 15 is 0 Å². The Balaban J connectivity index is 2.41. The number of rotatable bonds is 2. The topological polar surface area (TPSA) is 93.8 Å². The Morgan fingerprint density at radius 2 is 2.24 bits per heavy atom. The molecule has 0 aromatic carbocycles. The first kappa shape index (κ1) is 11.6. The third kappa shape index (κ3) is 2.62. The number of H-pyrrole nitrogens is 1. The van der Waals surface area contributed by atoms with Crippen molar-refractivity contribution in [2.24, 2.45) is 0 Å². The normalized spacial score (nSPS) is 10.4. The summed E-state index contributed by atoms with van der Waals surface area (Å²) in [5.74, 6) is 0.353. The van der Waals surface area contributed by atoms with E-state index in [-0.39, 0.29) is 6.54 Å². The van der Waals surface area contributed by atoms with Crippen LogP contribution in [0.15, 0.2) is 38.6 Å². The van der Waals surface area contributed by atoms with Gasteiger partial charge in [-0.3, -0.25) is 14.3 Å². The lowest BCUT2D eigenvalue weighted by Crippen LogP contribution is -2.29. The van der Waals surface area contributed by atoms with Crippen molar-refractivity contribution in [1.82, 2.24) is 14.5 Å². The van der Waals surface area contributed by atoms with Gasteiger partial charge in [0.15, 0.2) is 0 Å². The summed E-state index contributed by atoms with van der Waals surface area (Å²) in [5.41, 5.74) is 5.50. The van der Waals surface area contributed by atoms with Crippen molar-refractivity contribution in [3.05, 3.63) is 55.4 Å². The summed E-state index contributed by atoms with van der Waals surface area (Å²) in [4.78, 5) is 28.5. The molecule has 0 unspecified atom stereocenters. The van der Waals surface area contributed by atoms with Crippen LogP contribution in [0.25, 0.3) is 0 Å². The smallest absolute Gasteiger partial charge is 0.328 e. The summed E-state index contributed by atoms with van der Waals surface area (Å²) in [6.45, 7) is 0.258. The molecule has 17 heavy (non-hydrogen) atoms. The van der Waals surface area contributed by atoms with Crippen molar-refractivity contribution < 1.29 is 0 Å². The second-order valence-corrected chi connectivity index (χ2v) is 4.35. The van der Waals surface area contributed by atoms with Crippen LogP contribution in [0, 0.1) is 0 Å². The van der Waals surface area contributed by atoms with Gasteiger partial charge in [-0.25, -0.2) is 9.78 Å². The maximum Gasteiger partial charge on any atom is 0.328 e.